The summed E-state index contributed by atoms with van der Waals surface area (Å²) in [4.78, 5) is 11.4. The average molecular weight is 171 g/mol. The summed E-state index contributed by atoms with van der Waals surface area (Å²) >= 11 is 0. The van der Waals surface area contributed by atoms with Crippen molar-refractivity contribution < 1.29 is 9.53 Å². The molecular weight excluding hydrogens is 154 g/mol. The SMILES string of the molecule is CCCNC(=O)C1COC(C)C1. The molecule has 0 radical (unpaired) electrons. The van der Waals surface area contributed by atoms with Gasteiger partial charge in [0, 0.05) is 6.54 Å². The van der Waals surface area contributed by atoms with Crippen molar-refractivity contribution in [3.05, 3.63) is 0 Å². The lowest BCUT2D eigenvalue weighted by molar-refractivity contribution is -0.124. The van der Waals surface area contributed by atoms with E-state index in [0.717, 1.165) is 19.4 Å². The Morgan fingerprint density at radius 1 is 1.67 bits per heavy atom. The van der Waals surface area contributed by atoms with Crippen molar-refractivity contribution in [1.29, 1.82) is 0 Å². The molecule has 3 heteroatoms. The van der Waals surface area contributed by atoms with Gasteiger partial charge in [-0.15, -0.1) is 0 Å². The number of ether oxygens (including phenoxy) is 1. The zero-order chi connectivity index (χ0) is 8.97. The summed E-state index contributed by atoms with van der Waals surface area (Å²) < 4.78 is 5.31. The summed E-state index contributed by atoms with van der Waals surface area (Å²) in [6.07, 6.45) is 2.12. The Morgan fingerprint density at radius 3 is 2.92 bits per heavy atom. The minimum atomic E-state index is 0.0894. The fourth-order valence-corrected chi connectivity index (χ4v) is 1.39. The van der Waals surface area contributed by atoms with E-state index in [0.29, 0.717) is 6.61 Å². The van der Waals surface area contributed by atoms with Gasteiger partial charge in [0.2, 0.25) is 5.91 Å². The van der Waals surface area contributed by atoms with Crippen molar-refractivity contribution in [2.75, 3.05) is 13.2 Å². The first-order valence-corrected chi connectivity index (χ1v) is 4.63. The first kappa shape index (κ1) is 9.52. The Hall–Kier alpha value is -0.570. The van der Waals surface area contributed by atoms with Crippen LogP contribution in [0, 0.1) is 5.92 Å². The lowest BCUT2D eigenvalue weighted by atomic mass is 10.1. The number of carbonyl (C=O) groups excluding carboxylic acids is 1. The van der Waals surface area contributed by atoms with E-state index in [2.05, 4.69) is 5.32 Å². The molecule has 0 bridgehead atoms. The van der Waals surface area contributed by atoms with Gasteiger partial charge in [0.1, 0.15) is 0 Å². The van der Waals surface area contributed by atoms with Crippen molar-refractivity contribution in [1.82, 2.24) is 5.32 Å². The number of nitrogens with one attached hydrogen (secondary N) is 1. The summed E-state index contributed by atoms with van der Waals surface area (Å²) in [5.74, 6) is 0.243. The van der Waals surface area contributed by atoms with Crippen molar-refractivity contribution in [3.8, 4) is 0 Å². The van der Waals surface area contributed by atoms with Gasteiger partial charge in [0.25, 0.3) is 0 Å². The topological polar surface area (TPSA) is 38.3 Å². The molecule has 0 aromatic heterocycles. The predicted molar refractivity (Wildman–Crippen MR) is 46.8 cm³/mol. The lowest BCUT2D eigenvalue weighted by Gasteiger charge is -2.07. The molecule has 1 aliphatic rings. The van der Waals surface area contributed by atoms with Gasteiger partial charge in [-0.3, -0.25) is 4.79 Å². The Morgan fingerprint density at radius 2 is 2.42 bits per heavy atom. The van der Waals surface area contributed by atoms with Gasteiger partial charge < -0.3 is 10.1 Å². The van der Waals surface area contributed by atoms with Gasteiger partial charge in [-0.25, -0.2) is 0 Å². The molecule has 0 spiro atoms. The fraction of sp³-hybridized carbons (Fsp3) is 0.889. The maximum Gasteiger partial charge on any atom is 0.225 e. The molecule has 2 atom stereocenters. The monoisotopic (exact) mass is 171 g/mol. The van der Waals surface area contributed by atoms with E-state index in [1.807, 2.05) is 13.8 Å². The van der Waals surface area contributed by atoms with Crippen LogP contribution in [0.1, 0.15) is 26.7 Å². The molecule has 0 aromatic rings. The minimum absolute atomic E-state index is 0.0894. The summed E-state index contributed by atoms with van der Waals surface area (Å²) in [6, 6.07) is 0. The van der Waals surface area contributed by atoms with Crippen LogP contribution in [0.25, 0.3) is 0 Å². The van der Waals surface area contributed by atoms with Gasteiger partial charge in [-0.1, -0.05) is 6.92 Å². The third-order valence-corrected chi connectivity index (χ3v) is 2.12. The normalized spacial score (nSPS) is 28.8. The second-order valence-electron chi connectivity index (χ2n) is 3.37. The Labute approximate surface area is 73.5 Å². The van der Waals surface area contributed by atoms with Crippen molar-refractivity contribution in [2.24, 2.45) is 5.92 Å². The van der Waals surface area contributed by atoms with Crippen molar-refractivity contribution in [2.45, 2.75) is 32.8 Å². The number of rotatable bonds is 3. The van der Waals surface area contributed by atoms with Crippen molar-refractivity contribution >= 4 is 5.91 Å². The molecule has 1 aliphatic heterocycles. The summed E-state index contributed by atoms with van der Waals surface area (Å²) in [7, 11) is 0. The van der Waals surface area contributed by atoms with Crippen LogP contribution in [0.15, 0.2) is 0 Å². The molecule has 2 unspecified atom stereocenters. The number of amides is 1. The van der Waals surface area contributed by atoms with Crippen LogP contribution in [0.2, 0.25) is 0 Å². The summed E-state index contributed by atoms with van der Waals surface area (Å²) in [5.41, 5.74) is 0. The molecule has 0 aromatic carbocycles. The van der Waals surface area contributed by atoms with E-state index in [4.69, 9.17) is 4.74 Å². The van der Waals surface area contributed by atoms with Crippen LogP contribution in [-0.4, -0.2) is 25.2 Å². The molecule has 3 nitrogen and oxygen atoms in total. The van der Waals surface area contributed by atoms with Crippen LogP contribution in [0.4, 0.5) is 0 Å². The van der Waals surface area contributed by atoms with Gasteiger partial charge in [-0.2, -0.15) is 0 Å². The molecule has 1 N–H and O–H groups in total. The van der Waals surface area contributed by atoms with Crippen LogP contribution in [-0.2, 0) is 9.53 Å². The summed E-state index contributed by atoms with van der Waals surface area (Å²) in [5, 5.41) is 2.88. The average Bonchev–Trinajstić information content (AvgIpc) is 2.47. The van der Waals surface area contributed by atoms with Crippen LogP contribution in [0.3, 0.4) is 0 Å². The highest BCUT2D eigenvalue weighted by Gasteiger charge is 2.27. The number of carbonyl (C=O) groups is 1. The Kier molecular flexibility index (Phi) is 3.53. The molecule has 70 valence electrons. The fourth-order valence-electron chi connectivity index (χ4n) is 1.39. The van der Waals surface area contributed by atoms with Gasteiger partial charge in [0.15, 0.2) is 0 Å². The van der Waals surface area contributed by atoms with E-state index >= 15 is 0 Å². The van der Waals surface area contributed by atoms with Crippen LogP contribution in [0.5, 0.6) is 0 Å². The number of hydrogen-bond acceptors (Lipinski definition) is 2. The summed E-state index contributed by atoms with van der Waals surface area (Å²) in [6.45, 7) is 5.43. The van der Waals surface area contributed by atoms with E-state index < -0.39 is 0 Å². The highest BCUT2D eigenvalue weighted by atomic mass is 16.5. The molecular formula is C9H17NO2. The first-order valence-electron chi connectivity index (χ1n) is 4.63. The quantitative estimate of drug-likeness (QED) is 0.686. The maximum absolute atomic E-state index is 11.4. The van der Waals surface area contributed by atoms with Crippen LogP contribution < -0.4 is 5.32 Å². The Balaban J connectivity index is 2.23. The lowest BCUT2D eigenvalue weighted by Crippen LogP contribution is -2.31. The molecule has 1 saturated heterocycles. The third kappa shape index (κ3) is 2.48. The zero-order valence-electron chi connectivity index (χ0n) is 7.80. The molecule has 0 aliphatic carbocycles. The maximum atomic E-state index is 11.4. The zero-order valence-corrected chi connectivity index (χ0v) is 7.80. The second kappa shape index (κ2) is 4.45. The standard InChI is InChI=1S/C9H17NO2/c1-3-4-10-9(11)8-5-7(2)12-6-8/h7-8H,3-6H2,1-2H3,(H,10,11). The molecule has 1 heterocycles. The third-order valence-electron chi connectivity index (χ3n) is 2.12. The minimum Gasteiger partial charge on any atom is -0.378 e. The largest absolute Gasteiger partial charge is 0.378 e. The highest BCUT2D eigenvalue weighted by Crippen LogP contribution is 2.18. The molecule has 12 heavy (non-hydrogen) atoms. The van der Waals surface area contributed by atoms with Gasteiger partial charge in [-0.05, 0) is 19.8 Å². The van der Waals surface area contributed by atoms with Gasteiger partial charge >= 0.3 is 0 Å². The first-order chi connectivity index (χ1) is 5.74. The molecule has 1 fully saturated rings. The predicted octanol–water partition coefficient (Wildman–Crippen LogP) is 0.938. The van der Waals surface area contributed by atoms with Crippen molar-refractivity contribution in [3.63, 3.8) is 0 Å². The molecule has 0 saturated carbocycles. The second-order valence-corrected chi connectivity index (χ2v) is 3.37. The van der Waals surface area contributed by atoms with Crippen LogP contribution >= 0.6 is 0 Å². The van der Waals surface area contributed by atoms with E-state index in [-0.39, 0.29) is 17.9 Å². The van der Waals surface area contributed by atoms with E-state index in [9.17, 15) is 4.79 Å². The smallest absolute Gasteiger partial charge is 0.225 e. The highest BCUT2D eigenvalue weighted by molar-refractivity contribution is 5.79. The molecule has 1 rings (SSSR count). The van der Waals surface area contributed by atoms with E-state index in [1.165, 1.54) is 0 Å². The van der Waals surface area contributed by atoms with E-state index in [1.54, 1.807) is 0 Å². The van der Waals surface area contributed by atoms with Gasteiger partial charge in [0.05, 0.1) is 18.6 Å². The molecule has 1 amide bonds. The Bertz CT molecular complexity index is 159. The number of hydrogen-bond donors (Lipinski definition) is 1.